The number of aryl methyl sites for hydroxylation is 1. The average Bonchev–Trinajstić information content (AvgIpc) is 3.03. The number of aromatic nitrogens is 4. The first-order chi connectivity index (χ1) is 9.24. The van der Waals surface area contributed by atoms with Crippen LogP contribution < -0.4 is 10.6 Å². The number of amides is 1. The molecule has 1 unspecified atom stereocenters. The first kappa shape index (κ1) is 11.9. The zero-order valence-corrected chi connectivity index (χ0v) is 10.7. The van der Waals surface area contributed by atoms with Gasteiger partial charge < -0.3 is 14.9 Å². The third-order valence-corrected chi connectivity index (χ3v) is 3.39. The summed E-state index contributed by atoms with van der Waals surface area (Å²) in [5, 5.41) is 6.09. The second kappa shape index (κ2) is 4.85. The van der Waals surface area contributed by atoms with E-state index in [0.717, 1.165) is 17.2 Å². The molecule has 7 heteroatoms. The van der Waals surface area contributed by atoms with Crippen LogP contribution in [-0.4, -0.2) is 31.5 Å². The van der Waals surface area contributed by atoms with Crippen molar-refractivity contribution in [2.24, 2.45) is 7.05 Å². The quantitative estimate of drug-likeness (QED) is 0.692. The second-order valence-corrected chi connectivity index (χ2v) is 4.64. The van der Waals surface area contributed by atoms with Crippen LogP contribution in [0.5, 0.6) is 0 Å². The largest absolute Gasteiger partial charge is 0.348 e. The summed E-state index contributed by atoms with van der Waals surface area (Å²) in [5.74, 6) is 0.821. The van der Waals surface area contributed by atoms with E-state index in [9.17, 15) is 4.79 Å². The van der Waals surface area contributed by atoms with Crippen LogP contribution in [0.15, 0.2) is 18.7 Å². The second-order valence-electron chi connectivity index (χ2n) is 4.64. The van der Waals surface area contributed by atoms with Gasteiger partial charge in [-0.2, -0.15) is 0 Å². The Morgan fingerprint density at radius 2 is 2.47 bits per heavy atom. The van der Waals surface area contributed by atoms with E-state index in [4.69, 9.17) is 0 Å². The van der Waals surface area contributed by atoms with Crippen molar-refractivity contribution in [2.75, 3.05) is 0 Å². The maximum Gasteiger partial charge on any atom is 0.237 e. The van der Waals surface area contributed by atoms with Crippen molar-refractivity contribution in [1.29, 1.82) is 0 Å². The highest BCUT2D eigenvalue weighted by Crippen LogP contribution is 2.12. The fraction of sp³-hybridized carbons (Fsp3) is 0.417. The Hall–Kier alpha value is -2.15. The Morgan fingerprint density at radius 1 is 1.58 bits per heavy atom. The van der Waals surface area contributed by atoms with Crippen LogP contribution in [0.1, 0.15) is 17.2 Å². The van der Waals surface area contributed by atoms with Gasteiger partial charge in [-0.05, 0) is 0 Å². The summed E-state index contributed by atoms with van der Waals surface area (Å²) < 4.78 is 1.89. The minimum Gasteiger partial charge on any atom is -0.348 e. The summed E-state index contributed by atoms with van der Waals surface area (Å²) in [6, 6.07) is -0.226. The number of imidazole rings is 2. The first-order valence-corrected chi connectivity index (χ1v) is 6.22. The van der Waals surface area contributed by atoms with Crippen LogP contribution in [0.3, 0.4) is 0 Å². The Kier molecular flexibility index (Phi) is 3.04. The fourth-order valence-corrected chi connectivity index (χ4v) is 2.21. The molecule has 0 spiro atoms. The fourth-order valence-electron chi connectivity index (χ4n) is 2.21. The molecule has 2 aromatic rings. The number of nitrogens with one attached hydrogen (secondary N) is 3. The number of nitrogens with zero attached hydrogens (tertiary/aromatic N) is 3. The number of hydrogen-bond acceptors (Lipinski definition) is 4. The van der Waals surface area contributed by atoms with Gasteiger partial charge in [0.25, 0.3) is 0 Å². The van der Waals surface area contributed by atoms with Gasteiger partial charge in [0.15, 0.2) is 0 Å². The molecule has 1 atom stereocenters. The van der Waals surface area contributed by atoms with Crippen LogP contribution in [0.4, 0.5) is 0 Å². The average molecular weight is 260 g/mol. The molecular weight excluding hydrogens is 244 g/mol. The van der Waals surface area contributed by atoms with Crippen LogP contribution >= 0.6 is 0 Å². The standard InChI is InChI=1S/C12H16N6O/c1-18-3-2-13-11(18)6-15-12(19)9-4-8-10(5-14-9)17-7-16-8/h2-3,7,9,14H,4-6H2,1H3,(H,15,19)(H,16,17). The van der Waals surface area contributed by atoms with Gasteiger partial charge in [-0.15, -0.1) is 0 Å². The van der Waals surface area contributed by atoms with Crippen molar-refractivity contribution in [3.8, 4) is 0 Å². The van der Waals surface area contributed by atoms with Crippen molar-refractivity contribution in [3.05, 3.63) is 35.9 Å². The SMILES string of the molecule is Cn1ccnc1CNC(=O)C1Cc2nc[nH]c2CN1. The predicted molar refractivity (Wildman–Crippen MR) is 68.0 cm³/mol. The summed E-state index contributed by atoms with van der Waals surface area (Å²) >= 11 is 0. The molecule has 3 rings (SSSR count). The van der Waals surface area contributed by atoms with E-state index in [1.165, 1.54) is 0 Å². The molecule has 19 heavy (non-hydrogen) atoms. The Labute approximate surface area is 110 Å². The first-order valence-electron chi connectivity index (χ1n) is 6.22. The minimum atomic E-state index is -0.226. The van der Waals surface area contributed by atoms with E-state index in [2.05, 4.69) is 25.6 Å². The summed E-state index contributed by atoms with van der Waals surface area (Å²) in [6.45, 7) is 1.09. The third-order valence-electron chi connectivity index (χ3n) is 3.39. The van der Waals surface area contributed by atoms with Crippen LogP contribution in [0.25, 0.3) is 0 Å². The topological polar surface area (TPSA) is 87.6 Å². The summed E-state index contributed by atoms with van der Waals surface area (Å²) in [6.07, 6.45) is 5.86. The van der Waals surface area contributed by atoms with Crippen LogP contribution in [-0.2, 0) is 31.4 Å². The van der Waals surface area contributed by atoms with Crippen molar-refractivity contribution >= 4 is 5.91 Å². The number of carbonyl (C=O) groups excluding carboxylic acids is 1. The zero-order chi connectivity index (χ0) is 13.2. The molecule has 0 bridgehead atoms. The lowest BCUT2D eigenvalue weighted by atomic mass is 10.0. The van der Waals surface area contributed by atoms with Crippen molar-refractivity contribution in [1.82, 2.24) is 30.2 Å². The number of fused-ring (bicyclic) bond motifs is 1. The van der Waals surface area contributed by atoms with Crippen LogP contribution in [0.2, 0.25) is 0 Å². The van der Waals surface area contributed by atoms with Gasteiger partial charge in [0.1, 0.15) is 5.82 Å². The lowest BCUT2D eigenvalue weighted by molar-refractivity contribution is -0.123. The van der Waals surface area contributed by atoms with Gasteiger partial charge in [-0.1, -0.05) is 0 Å². The minimum absolute atomic E-state index is 0.0170. The molecule has 0 radical (unpaired) electrons. The molecule has 3 N–H and O–H groups in total. The molecule has 0 aromatic carbocycles. The maximum atomic E-state index is 12.1. The third kappa shape index (κ3) is 2.37. The highest BCUT2D eigenvalue weighted by atomic mass is 16.2. The number of carbonyl (C=O) groups is 1. The van der Waals surface area contributed by atoms with Gasteiger partial charge in [0, 0.05) is 32.4 Å². The molecule has 2 aromatic heterocycles. The predicted octanol–water partition coefficient (Wildman–Crippen LogP) is -0.526. The monoisotopic (exact) mass is 260 g/mol. The van der Waals surface area contributed by atoms with Crippen molar-refractivity contribution < 1.29 is 4.79 Å². The molecule has 0 aliphatic carbocycles. The molecule has 1 aliphatic rings. The molecular formula is C12H16N6O. The zero-order valence-electron chi connectivity index (χ0n) is 10.7. The lowest BCUT2D eigenvalue weighted by Gasteiger charge is -2.22. The van der Waals surface area contributed by atoms with E-state index in [-0.39, 0.29) is 11.9 Å². The van der Waals surface area contributed by atoms with E-state index in [0.29, 0.717) is 19.5 Å². The van der Waals surface area contributed by atoms with E-state index < -0.39 is 0 Å². The van der Waals surface area contributed by atoms with Crippen molar-refractivity contribution in [2.45, 2.75) is 25.6 Å². The van der Waals surface area contributed by atoms with Gasteiger partial charge in [0.05, 0.1) is 30.3 Å². The molecule has 0 fully saturated rings. The molecule has 1 amide bonds. The molecule has 100 valence electrons. The number of H-pyrrole nitrogens is 1. The summed E-state index contributed by atoms with van der Waals surface area (Å²) in [5.41, 5.74) is 2.03. The Bertz CT molecular complexity index is 587. The molecule has 3 heterocycles. The molecule has 0 saturated carbocycles. The molecule has 7 nitrogen and oxygen atoms in total. The highest BCUT2D eigenvalue weighted by Gasteiger charge is 2.25. The van der Waals surface area contributed by atoms with Crippen molar-refractivity contribution in [3.63, 3.8) is 0 Å². The number of rotatable bonds is 3. The number of aromatic amines is 1. The number of hydrogen-bond donors (Lipinski definition) is 3. The molecule has 1 aliphatic heterocycles. The summed E-state index contributed by atoms with van der Waals surface area (Å²) in [4.78, 5) is 23.5. The van der Waals surface area contributed by atoms with E-state index in [1.54, 1.807) is 12.5 Å². The van der Waals surface area contributed by atoms with Gasteiger partial charge in [0.2, 0.25) is 5.91 Å². The van der Waals surface area contributed by atoms with Crippen LogP contribution in [0, 0.1) is 0 Å². The Balaban J connectivity index is 1.58. The maximum absolute atomic E-state index is 12.1. The molecule has 0 saturated heterocycles. The smallest absolute Gasteiger partial charge is 0.237 e. The highest BCUT2D eigenvalue weighted by molar-refractivity contribution is 5.82. The summed E-state index contributed by atoms with van der Waals surface area (Å²) in [7, 11) is 1.91. The lowest BCUT2D eigenvalue weighted by Crippen LogP contribution is -2.47. The van der Waals surface area contributed by atoms with E-state index >= 15 is 0 Å². The van der Waals surface area contributed by atoms with Gasteiger partial charge in [-0.25, -0.2) is 9.97 Å². The van der Waals surface area contributed by atoms with E-state index in [1.807, 2.05) is 17.8 Å². The van der Waals surface area contributed by atoms with Gasteiger partial charge >= 0.3 is 0 Å². The normalized spacial score (nSPS) is 18.1. The Morgan fingerprint density at radius 3 is 3.26 bits per heavy atom. The van der Waals surface area contributed by atoms with Gasteiger partial charge in [-0.3, -0.25) is 10.1 Å².